The number of hydrogen-bond donors (Lipinski definition) is 1. The van der Waals surface area contributed by atoms with Crippen LogP contribution in [0.2, 0.25) is 51.4 Å². The van der Waals surface area contributed by atoms with Gasteiger partial charge in [-0.1, -0.05) is 51.4 Å². The molecule has 0 unspecified atom stereocenters. The Bertz CT molecular complexity index is 2620. The Balaban J connectivity index is 0.000000204. The minimum Gasteiger partial charge on any atom is -0.466 e. The van der Waals surface area contributed by atoms with Crippen molar-refractivity contribution in [1.82, 2.24) is 29.5 Å². The third kappa shape index (κ3) is 15.0. The van der Waals surface area contributed by atoms with Crippen LogP contribution in [0.15, 0.2) is 73.1 Å². The quantitative estimate of drug-likeness (QED) is 0.0468. The molecule has 2 fully saturated rings. The van der Waals surface area contributed by atoms with Gasteiger partial charge in [-0.2, -0.15) is 10.2 Å². The summed E-state index contributed by atoms with van der Waals surface area (Å²) in [6.45, 7) is 28.4. The monoisotopic (exact) mass is 979 g/mol. The molecule has 0 radical (unpaired) electrons. The molecule has 6 aromatic rings. The molecule has 0 amide bonds. The third-order valence-corrected chi connectivity index (χ3v) is 15.5. The number of morpholine rings is 2. The Hall–Kier alpha value is -5.02. The molecular weight excluding hydrogens is 905 g/mol. The number of aliphatic hydroxyl groups is 1. The lowest BCUT2D eigenvalue weighted by Crippen LogP contribution is -2.36. The van der Waals surface area contributed by atoms with E-state index in [0.717, 1.165) is 132 Å². The van der Waals surface area contributed by atoms with Crippen molar-refractivity contribution in [2.24, 2.45) is 0 Å². The first-order chi connectivity index (χ1) is 32.9. The molecule has 2 aliphatic heterocycles. The highest BCUT2D eigenvalue weighted by molar-refractivity contribution is 6.76. The number of ether oxygens (including phenoxy) is 5. The number of carbonyl (C=O) groups is 1. The summed E-state index contributed by atoms with van der Waals surface area (Å²) in [5.41, 5.74) is 7.02. The second-order valence-corrected chi connectivity index (χ2v) is 32.3. The molecule has 2 saturated heterocycles. The lowest BCUT2D eigenvalue weighted by atomic mass is 9.97. The van der Waals surface area contributed by atoms with Crippen molar-refractivity contribution >= 4 is 55.6 Å². The Morgan fingerprint density at radius 3 is 1.55 bits per heavy atom. The van der Waals surface area contributed by atoms with Crippen LogP contribution in [-0.4, -0.2) is 135 Å². The topological polar surface area (TPSA) is 151 Å². The number of carbonyl (C=O) groups excluding carboxylic acids is 1. The van der Waals surface area contributed by atoms with Crippen LogP contribution >= 0.6 is 0 Å². The molecular formula is C52H74N8O7Si2. The summed E-state index contributed by atoms with van der Waals surface area (Å²) in [5.74, 6) is 1.64. The first-order valence-electron chi connectivity index (χ1n) is 24.5. The molecule has 4 aromatic heterocycles. The van der Waals surface area contributed by atoms with Crippen molar-refractivity contribution in [2.45, 2.75) is 104 Å². The Labute approximate surface area is 410 Å². The Morgan fingerprint density at radius 1 is 0.667 bits per heavy atom. The van der Waals surface area contributed by atoms with Gasteiger partial charge in [0.15, 0.2) is 0 Å². The summed E-state index contributed by atoms with van der Waals surface area (Å²) in [5, 5.41) is 22.4. The number of fused-ring (bicyclic) bond motifs is 2. The number of benzene rings is 2. The Morgan fingerprint density at radius 2 is 1.12 bits per heavy atom. The van der Waals surface area contributed by atoms with Gasteiger partial charge in [0.25, 0.3) is 0 Å². The van der Waals surface area contributed by atoms with Crippen molar-refractivity contribution in [3.63, 3.8) is 0 Å². The fourth-order valence-electron chi connectivity index (χ4n) is 8.30. The number of hydrogen-bond acceptors (Lipinski definition) is 13. The Kier molecular flexibility index (Phi) is 17.5. The van der Waals surface area contributed by atoms with Crippen LogP contribution in [0, 0.1) is 0 Å². The van der Waals surface area contributed by atoms with Gasteiger partial charge in [0.05, 0.1) is 56.1 Å². The van der Waals surface area contributed by atoms with Crippen molar-refractivity contribution in [1.29, 1.82) is 0 Å². The number of esters is 1. The second-order valence-electron chi connectivity index (χ2n) is 21.1. The van der Waals surface area contributed by atoms with E-state index in [1.54, 1.807) is 0 Å². The molecule has 2 aliphatic rings. The van der Waals surface area contributed by atoms with Gasteiger partial charge in [-0.15, -0.1) is 0 Å². The van der Waals surface area contributed by atoms with E-state index in [4.69, 9.17) is 33.9 Å². The number of nitrogens with zero attached hydrogens (tertiary/aromatic N) is 8. The SMILES string of the molecule is CC(C)(O)Cc1ccc2c(c1)c(-c1ccnc(N3CCOCC3)c1)nn2COCC[Si](C)(C)C.CCOC(=O)Cc1ccc2c(c1)c(-c1ccnc(N3CCOCC3)c1)nn2COCC[Si](C)(C)C. The summed E-state index contributed by atoms with van der Waals surface area (Å²) in [6, 6.07) is 22.8. The molecule has 2 aromatic carbocycles. The van der Waals surface area contributed by atoms with Crippen molar-refractivity contribution in [3.8, 4) is 22.5 Å². The van der Waals surface area contributed by atoms with Crippen molar-refractivity contribution in [2.75, 3.05) is 82.2 Å². The first-order valence-corrected chi connectivity index (χ1v) is 31.9. The fraction of sp³-hybridized carbons (Fsp3) is 0.519. The van der Waals surface area contributed by atoms with Crippen LogP contribution in [0.5, 0.6) is 0 Å². The number of rotatable bonds is 19. The number of pyridine rings is 2. The normalized spacial score (nSPS) is 14.9. The van der Waals surface area contributed by atoms with Gasteiger partial charge in [-0.05, 0) is 92.5 Å². The molecule has 1 N–H and O–H groups in total. The lowest BCUT2D eigenvalue weighted by molar-refractivity contribution is -0.142. The van der Waals surface area contributed by atoms with E-state index in [2.05, 4.69) is 89.4 Å². The van der Waals surface area contributed by atoms with Gasteiger partial charge in [-0.3, -0.25) is 4.79 Å². The zero-order valence-electron chi connectivity index (χ0n) is 42.4. The van der Waals surface area contributed by atoms with E-state index < -0.39 is 21.7 Å². The van der Waals surface area contributed by atoms with Crippen LogP contribution in [0.25, 0.3) is 44.3 Å². The fourth-order valence-corrected chi connectivity index (χ4v) is 9.81. The molecule has 0 bridgehead atoms. The van der Waals surface area contributed by atoms with Gasteiger partial charge < -0.3 is 38.6 Å². The summed E-state index contributed by atoms with van der Waals surface area (Å²) >= 11 is 0. The van der Waals surface area contributed by atoms with Crippen LogP contribution in [-0.2, 0) is 54.8 Å². The lowest BCUT2D eigenvalue weighted by Gasteiger charge is -2.27. The zero-order chi connectivity index (χ0) is 49.2. The first kappa shape index (κ1) is 51.8. The highest BCUT2D eigenvalue weighted by atomic mass is 28.3. The molecule has 0 saturated carbocycles. The minimum atomic E-state index is -1.17. The van der Waals surface area contributed by atoms with Gasteiger partial charge in [0.2, 0.25) is 0 Å². The average molecular weight is 979 g/mol. The van der Waals surface area contributed by atoms with E-state index >= 15 is 0 Å². The largest absolute Gasteiger partial charge is 0.466 e. The number of anilines is 2. The standard InChI is InChI=1S/C26H36N4O4Si.C26H38N4O3Si/c1-5-34-25(31)17-20-6-7-23-22(16-20)26(28-30(23)19-33-14-15-35(2,3)4)21-8-9-27-24(18-21)29-10-12-32-13-11-29;1-26(2,31)18-20-6-7-23-22(16-20)25(28-30(23)19-33-14-15-34(3,4)5)21-8-9-27-24(17-21)29-10-12-32-13-11-29/h6-9,16,18H,5,10-15,17,19H2,1-4H3;6-9,16-17,31H,10-15,18-19H2,1-5H3. The highest BCUT2D eigenvalue weighted by Crippen LogP contribution is 2.33. The molecule has 0 aliphatic carbocycles. The van der Waals surface area contributed by atoms with Crippen LogP contribution in [0.3, 0.4) is 0 Å². The zero-order valence-corrected chi connectivity index (χ0v) is 44.4. The van der Waals surface area contributed by atoms with E-state index in [1.165, 1.54) is 0 Å². The predicted molar refractivity (Wildman–Crippen MR) is 281 cm³/mol. The van der Waals surface area contributed by atoms with Crippen molar-refractivity contribution < 1.29 is 33.6 Å². The van der Waals surface area contributed by atoms with E-state index in [9.17, 15) is 9.90 Å². The molecule has 15 nitrogen and oxygen atoms in total. The molecule has 8 rings (SSSR count). The minimum absolute atomic E-state index is 0.228. The van der Waals surface area contributed by atoms with Crippen molar-refractivity contribution in [3.05, 3.63) is 84.2 Å². The van der Waals surface area contributed by atoms with Gasteiger partial charge in [0.1, 0.15) is 36.5 Å². The molecule has 0 atom stereocenters. The van der Waals surface area contributed by atoms with Gasteiger partial charge in [-0.25, -0.2) is 19.3 Å². The third-order valence-electron chi connectivity index (χ3n) is 12.0. The molecule has 69 heavy (non-hydrogen) atoms. The maximum absolute atomic E-state index is 12.1. The maximum Gasteiger partial charge on any atom is 0.310 e. The second kappa shape index (κ2) is 23.3. The summed E-state index contributed by atoms with van der Waals surface area (Å²) < 4.78 is 32.1. The van der Waals surface area contributed by atoms with Crippen LogP contribution in [0.4, 0.5) is 11.6 Å². The molecule has 372 valence electrons. The predicted octanol–water partition coefficient (Wildman–Crippen LogP) is 8.91. The van der Waals surface area contributed by atoms with Gasteiger partial charge >= 0.3 is 5.97 Å². The van der Waals surface area contributed by atoms with E-state index in [0.29, 0.717) is 39.7 Å². The van der Waals surface area contributed by atoms with E-state index in [-0.39, 0.29) is 12.4 Å². The van der Waals surface area contributed by atoms with Gasteiger partial charge in [0, 0.05) is 96.3 Å². The van der Waals surface area contributed by atoms with E-state index in [1.807, 2.05) is 72.9 Å². The average Bonchev–Trinajstić information content (AvgIpc) is 3.86. The smallest absolute Gasteiger partial charge is 0.310 e. The summed E-state index contributed by atoms with van der Waals surface area (Å²) in [6.07, 6.45) is 4.50. The van der Waals surface area contributed by atoms with Crippen LogP contribution < -0.4 is 9.80 Å². The van der Waals surface area contributed by atoms with Crippen LogP contribution in [0.1, 0.15) is 31.9 Å². The molecule has 6 heterocycles. The maximum atomic E-state index is 12.1. The summed E-state index contributed by atoms with van der Waals surface area (Å²) in [7, 11) is -2.32. The highest BCUT2D eigenvalue weighted by Gasteiger charge is 2.22. The molecule has 0 spiro atoms. The molecule has 17 heteroatoms. The number of aromatic nitrogens is 6. The summed E-state index contributed by atoms with van der Waals surface area (Å²) in [4.78, 5) is 25.8.